The topological polar surface area (TPSA) is 62.6 Å². The minimum absolute atomic E-state index is 0.173. The number of carbonyl (C=O) groups is 2. The minimum Gasteiger partial charge on any atom is -0.467 e. The van der Waals surface area contributed by atoms with Crippen molar-refractivity contribution >= 4 is 17.5 Å². The number of furan rings is 1. The van der Waals surface area contributed by atoms with Crippen LogP contribution in [0, 0.1) is 12.3 Å². The first-order valence-electron chi connectivity index (χ1n) is 8.39. The van der Waals surface area contributed by atoms with Gasteiger partial charge in [-0.2, -0.15) is 0 Å². The van der Waals surface area contributed by atoms with Crippen LogP contribution in [0.15, 0.2) is 77.4 Å². The van der Waals surface area contributed by atoms with Crippen molar-refractivity contribution < 1.29 is 14.0 Å². The molecule has 0 saturated carbocycles. The molecule has 1 aromatic heterocycles. The molecule has 0 unspecified atom stereocenters. The lowest BCUT2D eigenvalue weighted by Crippen LogP contribution is -2.30. The smallest absolute Gasteiger partial charge is 0.255 e. The van der Waals surface area contributed by atoms with Crippen LogP contribution in [0.3, 0.4) is 0 Å². The molecule has 0 bridgehead atoms. The van der Waals surface area contributed by atoms with E-state index in [9.17, 15) is 9.59 Å². The Morgan fingerprint density at radius 1 is 0.963 bits per heavy atom. The summed E-state index contributed by atoms with van der Waals surface area (Å²) in [5.41, 5.74) is 1.65. The van der Waals surface area contributed by atoms with E-state index in [-0.39, 0.29) is 18.4 Å². The van der Waals surface area contributed by atoms with Gasteiger partial charge in [-0.15, -0.1) is 6.42 Å². The first kappa shape index (κ1) is 18.0. The van der Waals surface area contributed by atoms with Gasteiger partial charge in [0.2, 0.25) is 0 Å². The van der Waals surface area contributed by atoms with Crippen molar-refractivity contribution in [3.05, 3.63) is 89.9 Å². The molecule has 5 heteroatoms. The van der Waals surface area contributed by atoms with E-state index in [2.05, 4.69) is 11.2 Å². The van der Waals surface area contributed by atoms with Crippen molar-refractivity contribution in [2.75, 3.05) is 11.9 Å². The highest BCUT2D eigenvalue weighted by Gasteiger charge is 2.16. The van der Waals surface area contributed by atoms with Crippen molar-refractivity contribution in [3.8, 4) is 12.3 Å². The molecule has 0 saturated heterocycles. The molecule has 0 radical (unpaired) electrons. The highest BCUT2D eigenvalue weighted by atomic mass is 16.3. The predicted octanol–water partition coefficient (Wildman–Crippen LogP) is 3.81. The van der Waals surface area contributed by atoms with Crippen LogP contribution >= 0.6 is 0 Å². The van der Waals surface area contributed by atoms with Crippen molar-refractivity contribution in [2.24, 2.45) is 0 Å². The van der Waals surface area contributed by atoms with E-state index in [1.807, 2.05) is 6.07 Å². The minimum atomic E-state index is -0.207. The quantitative estimate of drug-likeness (QED) is 0.682. The molecule has 0 aliphatic rings. The molecular formula is C22H18N2O3. The average molecular weight is 358 g/mol. The summed E-state index contributed by atoms with van der Waals surface area (Å²) in [6.07, 6.45) is 6.94. The number of nitrogens with zero attached hydrogens (tertiary/aromatic N) is 1. The zero-order chi connectivity index (χ0) is 19.1. The van der Waals surface area contributed by atoms with Gasteiger partial charge in [0.1, 0.15) is 5.76 Å². The fraction of sp³-hybridized carbons (Fsp3) is 0.0909. The highest BCUT2D eigenvalue weighted by molar-refractivity contribution is 6.04. The van der Waals surface area contributed by atoms with E-state index in [1.54, 1.807) is 66.9 Å². The number of rotatable bonds is 6. The number of nitrogens with one attached hydrogen (secondary N) is 1. The molecule has 0 atom stereocenters. The summed E-state index contributed by atoms with van der Waals surface area (Å²) in [5.74, 6) is 2.74. The lowest BCUT2D eigenvalue weighted by atomic mass is 10.1. The normalized spacial score (nSPS) is 10.0. The first-order chi connectivity index (χ1) is 13.2. The Hall–Kier alpha value is -3.78. The maximum Gasteiger partial charge on any atom is 0.255 e. The molecule has 2 amide bonds. The van der Waals surface area contributed by atoms with E-state index >= 15 is 0 Å². The summed E-state index contributed by atoms with van der Waals surface area (Å²) >= 11 is 0. The second-order valence-corrected chi connectivity index (χ2v) is 5.84. The van der Waals surface area contributed by atoms with Gasteiger partial charge in [0, 0.05) is 16.8 Å². The van der Waals surface area contributed by atoms with E-state index in [4.69, 9.17) is 10.8 Å². The Bertz CT molecular complexity index is 939. The van der Waals surface area contributed by atoms with Crippen LogP contribution in [0.25, 0.3) is 0 Å². The average Bonchev–Trinajstić information content (AvgIpc) is 3.21. The van der Waals surface area contributed by atoms with Crippen LogP contribution in [-0.4, -0.2) is 23.3 Å². The standard InChI is InChI=1S/C22H18N2O3/c1-2-14-24(16-20-9-6-15-27-20)22(26)18-10-12-19(13-11-18)23-21(25)17-7-4-3-5-8-17/h1,3-13,15H,14,16H2,(H,23,25). The third-order valence-electron chi connectivity index (χ3n) is 3.92. The van der Waals surface area contributed by atoms with Gasteiger partial charge in [0.15, 0.2) is 0 Å². The van der Waals surface area contributed by atoms with E-state index < -0.39 is 0 Å². The van der Waals surface area contributed by atoms with Gasteiger partial charge in [-0.25, -0.2) is 0 Å². The van der Waals surface area contributed by atoms with Gasteiger partial charge in [0.05, 0.1) is 19.4 Å². The lowest BCUT2D eigenvalue weighted by Gasteiger charge is -2.19. The fourth-order valence-corrected chi connectivity index (χ4v) is 2.57. The van der Waals surface area contributed by atoms with E-state index in [0.717, 1.165) is 0 Å². The second kappa shape index (κ2) is 8.54. The van der Waals surface area contributed by atoms with Crippen molar-refractivity contribution in [1.82, 2.24) is 4.90 Å². The second-order valence-electron chi connectivity index (χ2n) is 5.84. The Morgan fingerprint density at radius 3 is 2.33 bits per heavy atom. The highest BCUT2D eigenvalue weighted by Crippen LogP contribution is 2.15. The van der Waals surface area contributed by atoms with Gasteiger partial charge in [-0.05, 0) is 48.5 Å². The fourth-order valence-electron chi connectivity index (χ4n) is 2.57. The lowest BCUT2D eigenvalue weighted by molar-refractivity contribution is 0.0755. The SMILES string of the molecule is C#CCN(Cc1ccco1)C(=O)c1ccc(NC(=O)c2ccccc2)cc1. The number of hydrogen-bond donors (Lipinski definition) is 1. The van der Waals surface area contributed by atoms with Crippen LogP contribution in [0.5, 0.6) is 0 Å². The van der Waals surface area contributed by atoms with E-state index in [1.165, 1.54) is 4.90 Å². The number of amides is 2. The maximum absolute atomic E-state index is 12.7. The molecule has 5 nitrogen and oxygen atoms in total. The monoisotopic (exact) mass is 358 g/mol. The van der Waals surface area contributed by atoms with Crippen LogP contribution in [0.4, 0.5) is 5.69 Å². The number of hydrogen-bond acceptors (Lipinski definition) is 3. The zero-order valence-corrected chi connectivity index (χ0v) is 14.6. The summed E-state index contributed by atoms with van der Waals surface area (Å²) < 4.78 is 5.29. The molecule has 134 valence electrons. The number of anilines is 1. The molecule has 3 aromatic rings. The first-order valence-corrected chi connectivity index (χ1v) is 8.39. The van der Waals surface area contributed by atoms with E-state index in [0.29, 0.717) is 29.1 Å². The predicted molar refractivity (Wildman–Crippen MR) is 103 cm³/mol. The Kier molecular flexibility index (Phi) is 5.70. The molecule has 0 aliphatic heterocycles. The van der Waals surface area contributed by atoms with Gasteiger partial charge in [-0.3, -0.25) is 9.59 Å². The summed E-state index contributed by atoms with van der Waals surface area (Å²) in [4.78, 5) is 26.4. The third-order valence-corrected chi connectivity index (χ3v) is 3.92. The van der Waals surface area contributed by atoms with Crippen molar-refractivity contribution in [1.29, 1.82) is 0 Å². The number of carbonyl (C=O) groups excluding carboxylic acids is 2. The molecule has 0 aliphatic carbocycles. The molecule has 1 N–H and O–H groups in total. The number of terminal acetylenes is 1. The van der Waals surface area contributed by atoms with Crippen LogP contribution < -0.4 is 5.32 Å². The molecule has 3 rings (SSSR count). The molecule has 1 heterocycles. The molecule has 27 heavy (non-hydrogen) atoms. The number of benzene rings is 2. The zero-order valence-electron chi connectivity index (χ0n) is 14.6. The third kappa shape index (κ3) is 4.65. The molecule has 0 fully saturated rings. The maximum atomic E-state index is 12.7. The van der Waals surface area contributed by atoms with Crippen molar-refractivity contribution in [3.63, 3.8) is 0 Å². The van der Waals surface area contributed by atoms with Crippen molar-refractivity contribution in [2.45, 2.75) is 6.54 Å². The Balaban J connectivity index is 1.69. The van der Waals surface area contributed by atoms with Crippen LogP contribution in [0.2, 0.25) is 0 Å². The summed E-state index contributed by atoms with van der Waals surface area (Å²) in [6.45, 7) is 0.467. The largest absolute Gasteiger partial charge is 0.467 e. The van der Waals surface area contributed by atoms with Gasteiger partial charge >= 0.3 is 0 Å². The Morgan fingerprint density at radius 2 is 1.70 bits per heavy atom. The van der Waals surface area contributed by atoms with Crippen LogP contribution in [0.1, 0.15) is 26.5 Å². The van der Waals surface area contributed by atoms with Gasteiger partial charge in [0.25, 0.3) is 11.8 Å². The molecule has 2 aromatic carbocycles. The summed E-state index contributed by atoms with van der Waals surface area (Å²) in [7, 11) is 0. The van der Waals surface area contributed by atoms with Gasteiger partial charge < -0.3 is 14.6 Å². The molecule has 0 spiro atoms. The molecular weight excluding hydrogens is 340 g/mol. The summed E-state index contributed by atoms with van der Waals surface area (Å²) in [5, 5.41) is 2.80. The summed E-state index contributed by atoms with van der Waals surface area (Å²) in [6, 6.07) is 19.2. The Labute approximate surface area is 157 Å². The van der Waals surface area contributed by atoms with Crippen LogP contribution in [-0.2, 0) is 6.54 Å². The van der Waals surface area contributed by atoms with Gasteiger partial charge in [-0.1, -0.05) is 24.1 Å².